The van der Waals surface area contributed by atoms with Crippen LogP contribution in [0.25, 0.3) is 17.1 Å². The van der Waals surface area contributed by atoms with Gasteiger partial charge < -0.3 is 16.0 Å². The Labute approximate surface area is 589 Å². The molecule has 12 nitrogen and oxygen atoms in total. The van der Waals surface area contributed by atoms with Crippen LogP contribution < -0.4 is 16.0 Å². The molecule has 0 fully saturated rings. The first-order valence-corrected chi connectivity index (χ1v) is 33.6. The lowest BCUT2D eigenvalue weighted by Crippen LogP contribution is -2.30. The highest BCUT2D eigenvalue weighted by Gasteiger charge is 2.35. The molecule has 3 aromatic heterocycles. The summed E-state index contributed by atoms with van der Waals surface area (Å²) in [5.74, 6) is -2.24. The van der Waals surface area contributed by atoms with Gasteiger partial charge in [-0.2, -0.15) is 28.5 Å². The highest BCUT2D eigenvalue weighted by Crippen LogP contribution is 2.36. The minimum atomic E-state index is -4.89. The van der Waals surface area contributed by atoms with Gasteiger partial charge in [0.2, 0.25) is 0 Å². The Morgan fingerprint density at radius 1 is 0.457 bits per heavy atom. The van der Waals surface area contributed by atoms with Gasteiger partial charge in [-0.1, -0.05) is 208 Å². The minimum absolute atomic E-state index is 0.0609. The summed E-state index contributed by atoms with van der Waals surface area (Å²) in [5.41, 5.74) is 6.68. The molecule has 0 radical (unpaired) electrons. The predicted octanol–water partition coefficient (Wildman–Crippen LogP) is 21.4. The number of carbonyl (C=O) groups is 3. The smallest absolute Gasteiger partial charge is 0.345 e. The molecule has 24 heteroatoms. The largest absolute Gasteiger partial charge is 0.419 e. The van der Waals surface area contributed by atoms with E-state index in [0.717, 1.165) is 93.8 Å². The van der Waals surface area contributed by atoms with Crippen LogP contribution in [0.5, 0.6) is 0 Å². The molecular weight excluding hydrogens is 1460 g/mol. The molecule has 0 aliphatic heterocycles. The van der Waals surface area contributed by atoms with E-state index in [-0.39, 0.29) is 35.0 Å². The first kappa shape index (κ1) is 72.8. The van der Waals surface area contributed by atoms with Gasteiger partial charge in [0.15, 0.2) is 0 Å². The van der Waals surface area contributed by atoms with Crippen LogP contribution in [0.2, 0.25) is 30.1 Å². The zero-order valence-corrected chi connectivity index (χ0v) is 59.0. The summed E-state index contributed by atoms with van der Waals surface area (Å²) < 4.78 is 60.8. The van der Waals surface area contributed by atoms with Crippen molar-refractivity contribution >= 4 is 119 Å². The zero-order valence-electron chi connectivity index (χ0n) is 51.3. The van der Waals surface area contributed by atoms with Crippen molar-refractivity contribution in [1.29, 1.82) is 0 Å². The second kappa shape index (κ2) is 33.6. The van der Waals surface area contributed by atoms with Gasteiger partial charge in [0.05, 0.1) is 123 Å². The van der Waals surface area contributed by atoms with Gasteiger partial charge in [0, 0.05) is 8.95 Å². The van der Waals surface area contributed by atoms with Gasteiger partial charge in [-0.3, -0.25) is 14.4 Å². The number of nitrogens with one attached hydrogen (secondary N) is 3. The number of alkyl halides is 3. The maximum Gasteiger partial charge on any atom is 0.419 e. The highest BCUT2D eigenvalue weighted by atomic mass is 79.9. The Balaban J connectivity index is 0.000000182. The Morgan fingerprint density at radius 2 is 0.851 bits per heavy atom. The quantitative estimate of drug-likeness (QED) is 0.0513. The molecule has 10 aromatic rings. The molecular formula is C70H63Br2Cl6F4N9O3. The van der Waals surface area contributed by atoms with Crippen LogP contribution in [0.1, 0.15) is 153 Å². The van der Waals surface area contributed by atoms with E-state index >= 15 is 0 Å². The van der Waals surface area contributed by atoms with E-state index in [9.17, 15) is 31.9 Å². The topological polar surface area (TPSA) is 141 Å². The first-order chi connectivity index (χ1) is 44.9. The number of hydrogen-bond donors (Lipinski definition) is 3. The summed E-state index contributed by atoms with van der Waals surface area (Å²) in [7, 11) is 0. The second-order valence-electron chi connectivity index (χ2n) is 21.8. The second-order valence-corrected chi connectivity index (χ2v) is 26.1. The highest BCUT2D eigenvalue weighted by molar-refractivity contribution is 9.10. The molecule has 3 atom stereocenters. The van der Waals surface area contributed by atoms with Crippen LogP contribution in [0.4, 0.5) is 17.6 Å². The van der Waals surface area contributed by atoms with Crippen molar-refractivity contribution in [1.82, 2.24) is 45.3 Å². The minimum Gasteiger partial charge on any atom is -0.345 e. The van der Waals surface area contributed by atoms with Crippen molar-refractivity contribution in [2.75, 3.05) is 0 Å². The van der Waals surface area contributed by atoms with Crippen molar-refractivity contribution in [2.24, 2.45) is 0 Å². The molecule has 3 amide bonds. The molecule has 3 N–H and O–H groups in total. The van der Waals surface area contributed by atoms with Crippen molar-refractivity contribution < 1.29 is 31.9 Å². The molecule has 0 saturated heterocycles. The fourth-order valence-corrected chi connectivity index (χ4v) is 12.0. The van der Waals surface area contributed by atoms with Crippen LogP contribution in [0, 0.1) is 26.6 Å². The van der Waals surface area contributed by atoms with Gasteiger partial charge >= 0.3 is 6.18 Å². The summed E-state index contributed by atoms with van der Waals surface area (Å²) >= 11 is 43.4. The standard InChI is InChI=1S/C25H17Cl2F4N3O.C23H24BrCl2N3O.C22H22BrCl2N3O/c1-14-18(13-32-34(14)17-8-9-20(26)21(27)12-17)24(35)33-23(15-5-3-2-4-6-15)16-7-10-22(28)19(11-16)25(29,30)31;1-3-4-5-9-22(16-7-6-8-17(24)12-16)28-23(30)19-14-27-29(15(19)2)18-10-11-20(25)21(26)13-18;1-3-4-8-21(15-6-5-7-16(23)11-15)27-22(29)18-13-26-28(14(18)2)17-9-10-19(24)20(25)12-17/h2-13,23H,1H3,(H,33,35);6-8,10-14,22H,3-5,9H2,1-2H3,(H,28,30);5-7,9-13,21H,3-4,8H2,1-2H3,(H,27,29)/t23-;22-;21-/m000/s1. The Morgan fingerprint density at radius 3 is 1.23 bits per heavy atom. The number of halogens is 12. The monoisotopic (exact) mass is 1520 g/mol. The average molecular weight is 1530 g/mol. The van der Waals surface area contributed by atoms with Crippen molar-refractivity contribution in [3.63, 3.8) is 0 Å². The van der Waals surface area contributed by atoms with Gasteiger partial charge in [0.1, 0.15) is 5.82 Å². The number of nitrogens with zero attached hydrogens (tertiary/aromatic N) is 6. The van der Waals surface area contributed by atoms with Crippen molar-refractivity contribution in [2.45, 2.75) is 104 Å². The number of aromatic nitrogens is 6. The van der Waals surface area contributed by atoms with E-state index < -0.39 is 29.5 Å². The van der Waals surface area contributed by atoms with Crippen molar-refractivity contribution in [3.05, 3.63) is 277 Å². The molecule has 3 heterocycles. The lowest BCUT2D eigenvalue weighted by Gasteiger charge is -2.21. The van der Waals surface area contributed by atoms with E-state index in [2.05, 4.69) is 83.0 Å². The Kier molecular flexibility index (Phi) is 26.0. The van der Waals surface area contributed by atoms with E-state index in [1.807, 2.05) is 68.4 Å². The van der Waals surface area contributed by atoms with E-state index in [0.29, 0.717) is 64.3 Å². The predicted molar refractivity (Wildman–Crippen MR) is 374 cm³/mol. The summed E-state index contributed by atoms with van der Waals surface area (Å²) in [5, 5.41) is 24.7. The van der Waals surface area contributed by atoms with Crippen LogP contribution in [0.3, 0.4) is 0 Å². The molecule has 94 heavy (non-hydrogen) atoms. The molecule has 490 valence electrons. The molecule has 0 bridgehead atoms. The van der Waals surface area contributed by atoms with Crippen LogP contribution in [-0.4, -0.2) is 47.1 Å². The maximum absolute atomic E-state index is 13.9. The number of rotatable bonds is 20. The molecule has 10 rings (SSSR count). The van der Waals surface area contributed by atoms with Crippen LogP contribution >= 0.6 is 101 Å². The number of benzene rings is 7. The van der Waals surface area contributed by atoms with Gasteiger partial charge in [-0.25, -0.2) is 18.4 Å². The lowest BCUT2D eigenvalue weighted by molar-refractivity contribution is -0.140. The SMILES string of the molecule is CCCCC[C@H](NC(=O)c1cnn(-c2ccc(Cl)c(Cl)c2)c1C)c1cccc(Br)c1.CCCC[C@H](NC(=O)c1cnn(-c2ccc(Cl)c(Cl)c2)c1C)c1cccc(Br)c1.Cc1c(C(=O)N[C@@H](c2ccccc2)c2ccc(F)c(C(F)(F)F)c2)cnn1-c1ccc(Cl)c(Cl)c1. The van der Waals surface area contributed by atoms with E-state index in [4.69, 9.17) is 69.6 Å². The summed E-state index contributed by atoms with van der Waals surface area (Å²) in [6, 6.07) is 41.6. The van der Waals surface area contributed by atoms with E-state index in [1.165, 1.54) is 16.9 Å². The zero-order chi connectivity index (χ0) is 68.0. The number of amides is 3. The third-order valence-corrected chi connectivity index (χ3v) is 18.5. The number of unbranched alkanes of at least 4 members (excludes halogenated alkanes) is 3. The molecule has 0 saturated carbocycles. The Bertz CT molecular complexity index is 4300. The molecule has 0 unspecified atom stereocenters. The molecule has 7 aromatic carbocycles. The molecule has 0 spiro atoms. The first-order valence-electron chi connectivity index (χ1n) is 29.7. The maximum atomic E-state index is 13.9. The van der Waals surface area contributed by atoms with Gasteiger partial charge in [-0.05, 0) is 147 Å². The number of carbonyl (C=O) groups excluding carboxylic acids is 3. The lowest BCUT2D eigenvalue weighted by atomic mass is 9.96. The van der Waals surface area contributed by atoms with Gasteiger partial charge in [-0.15, -0.1) is 0 Å². The number of hydrogen-bond acceptors (Lipinski definition) is 6. The fraction of sp³-hybridized carbons (Fsp3) is 0.229. The van der Waals surface area contributed by atoms with Crippen LogP contribution in [0.15, 0.2) is 179 Å². The third kappa shape index (κ3) is 18.7. The van der Waals surface area contributed by atoms with Crippen molar-refractivity contribution in [3.8, 4) is 17.1 Å². The average Bonchev–Trinajstić information content (AvgIpc) is 1.44. The summed E-state index contributed by atoms with van der Waals surface area (Å²) in [6.07, 6.45) is 6.81. The van der Waals surface area contributed by atoms with E-state index in [1.54, 1.807) is 101 Å². The van der Waals surface area contributed by atoms with Gasteiger partial charge in [0.25, 0.3) is 17.7 Å². The Hall–Kier alpha value is -7.00. The van der Waals surface area contributed by atoms with Crippen LogP contribution in [-0.2, 0) is 6.18 Å². The summed E-state index contributed by atoms with van der Waals surface area (Å²) in [4.78, 5) is 39.4. The summed E-state index contributed by atoms with van der Waals surface area (Å²) in [6.45, 7) is 9.72. The third-order valence-electron chi connectivity index (χ3n) is 15.3. The normalized spacial score (nSPS) is 12.2. The fourth-order valence-electron chi connectivity index (χ4n) is 10.3. The molecule has 0 aliphatic carbocycles. The molecule has 0 aliphatic rings.